The predicted octanol–water partition coefficient (Wildman–Crippen LogP) is 2.61. The first-order valence-corrected chi connectivity index (χ1v) is 4.90. The van der Waals surface area contributed by atoms with Gasteiger partial charge in [0.05, 0.1) is 0 Å². The molecule has 14 heavy (non-hydrogen) atoms. The fraction of sp³-hybridized carbons (Fsp3) is 0.364. The number of nitrogens with two attached hydrogens (primary N) is 2. The molecule has 0 unspecified atom stereocenters. The molecule has 0 radical (unpaired) electrons. The summed E-state index contributed by atoms with van der Waals surface area (Å²) in [7, 11) is 0. The quantitative estimate of drug-likeness (QED) is 0.366. The van der Waals surface area contributed by atoms with E-state index in [0.29, 0.717) is 11.3 Å². The van der Waals surface area contributed by atoms with Gasteiger partial charge >= 0.3 is 0 Å². The second-order valence-electron chi connectivity index (χ2n) is 2.00. The van der Waals surface area contributed by atoms with Crippen molar-refractivity contribution in [3.05, 3.63) is 29.8 Å². The fourth-order valence-electron chi connectivity index (χ4n) is 0.742. The number of anilines is 1. The van der Waals surface area contributed by atoms with Crippen molar-refractivity contribution >= 4 is 11.5 Å². The molecular formula is C11H21N3. The van der Waals surface area contributed by atoms with Crippen LogP contribution in [0.2, 0.25) is 0 Å². The lowest BCUT2D eigenvalue weighted by Crippen LogP contribution is -2.12. The molecule has 1 aromatic carbocycles. The summed E-state index contributed by atoms with van der Waals surface area (Å²) in [4.78, 5) is 0. The minimum Gasteiger partial charge on any atom is -0.398 e. The summed E-state index contributed by atoms with van der Waals surface area (Å²) in [5, 5.41) is 7.07. The minimum absolute atomic E-state index is 0.0121. The highest BCUT2D eigenvalue weighted by molar-refractivity contribution is 5.99. The summed E-state index contributed by atoms with van der Waals surface area (Å²) < 4.78 is 0. The van der Waals surface area contributed by atoms with Crippen LogP contribution in [-0.4, -0.2) is 5.84 Å². The van der Waals surface area contributed by atoms with Crippen LogP contribution in [0, 0.1) is 5.41 Å². The lowest BCUT2D eigenvalue weighted by molar-refractivity contribution is 1.43. The molecule has 0 spiro atoms. The molecule has 0 aliphatic heterocycles. The van der Waals surface area contributed by atoms with Crippen LogP contribution >= 0.6 is 0 Å². The molecule has 1 rings (SSSR count). The number of nitrogen functional groups attached to an aromatic ring is 2. The van der Waals surface area contributed by atoms with Crippen LogP contribution < -0.4 is 11.5 Å². The van der Waals surface area contributed by atoms with E-state index in [9.17, 15) is 0 Å². The van der Waals surface area contributed by atoms with Gasteiger partial charge in [0.2, 0.25) is 0 Å². The number of amidine groups is 1. The van der Waals surface area contributed by atoms with Crippen molar-refractivity contribution in [1.82, 2.24) is 0 Å². The molecule has 3 heteroatoms. The van der Waals surface area contributed by atoms with E-state index in [2.05, 4.69) is 0 Å². The highest BCUT2D eigenvalue weighted by Gasteiger charge is 1.97. The Morgan fingerprint density at radius 1 is 1.07 bits per heavy atom. The van der Waals surface area contributed by atoms with Crippen LogP contribution in [0.25, 0.3) is 0 Å². The molecule has 0 fully saturated rings. The van der Waals surface area contributed by atoms with Gasteiger partial charge in [0.1, 0.15) is 5.84 Å². The fourth-order valence-corrected chi connectivity index (χ4v) is 0.742. The van der Waals surface area contributed by atoms with Crippen LogP contribution in [0.5, 0.6) is 0 Å². The summed E-state index contributed by atoms with van der Waals surface area (Å²) in [5.74, 6) is 0.0121. The number of hydrogen-bond donors (Lipinski definition) is 3. The monoisotopic (exact) mass is 195 g/mol. The number of para-hydroxylation sites is 1. The summed E-state index contributed by atoms with van der Waals surface area (Å²) in [6.07, 6.45) is 0. The van der Waals surface area contributed by atoms with Crippen LogP contribution in [0.3, 0.4) is 0 Å². The molecule has 0 bridgehead atoms. The zero-order valence-corrected chi connectivity index (χ0v) is 9.46. The third-order valence-electron chi connectivity index (χ3n) is 1.25. The molecule has 0 amide bonds. The molecule has 0 aromatic heterocycles. The average molecular weight is 195 g/mol. The van der Waals surface area contributed by atoms with Crippen LogP contribution in [0.1, 0.15) is 33.3 Å². The van der Waals surface area contributed by atoms with Gasteiger partial charge in [0.25, 0.3) is 0 Å². The van der Waals surface area contributed by atoms with Crippen LogP contribution in [0.4, 0.5) is 5.69 Å². The van der Waals surface area contributed by atoms with Crippen molar-refractivity contribution in [2.45, 2.75) is 27.7 Å². The molecule has 80 valence electrons. The van der Waals surface area contributed by atoms with Gasteiger partial charge in [-0.1, -0.05) is 39.8 Å². The Morgan fingerprint density at radius 2 is 1.50 bits per heavy atom. The summed E-state index contributed by atoms with van der Waals surface area (Å²) >= 11 is 0. The smallest absolute Gasteiger partial charge is 0.124 e. The Hall–Kier alpha value is -1.51. The van der Waals surface area contributed by atoms with Gasteiger partial charge in [-0.25, -0.2) is 0 Å². The van der Waals surface area contributed by atoms with E-state index in [-0.39, 0.29) is 5.84 Å². The van der Waals surface area contributed by atoms with E-state index in [0.717, 1.165) is 0 Å². The van der Waals surface area contributed by atoms with Gasteiger partial charge < -0.3 is 11.5 Å². The minimum atomic E-state index is 0.0121. The molecule has 0 saturated heterocycles. The number of nitrogens with one attached hydrogen (secondary N) is 1. The normalized spacial score (nSPS) is 7.43. The third kappa shape index (κ3) is 5.19. The first kappa shape index (κ1) is 15.0. The van der Waals surface area contributed by atoms with Crippen LogP contribution in [-0.2, 0) is 0 Å². The Bertz CT molecular complexity index is 256. The number of rotatable bonds is 1. The topological polar surface area (TPSA) is 75.9 Å². The van der Waals surface area contributed by atoms with E-state index in [4.69, 9.17) is 16.9 Å². The van der Waals surface area contributed by atoms with Crippen molar-refractivity contribution in [3.63, 3.8) is 0 Å². The number of benzene rings is 1. The molecule has 5 N–H and O–H groups in total. The maximum Gasteiger partial charge on any atom is 0.124 e. The van der Waals surface area contributed by atoms with Crippen molar-refractivity contribution in [2.75, 3.05) is 5.73 Å². The van der Waals surface area contributed by atoms with E-state index >= 15 is 0 Å². The molecular weight excluding hydrogens is 174 g/mol. The zero-order valence-electron chi connectivity index (χ0n) is 9.46. The SMILES string of the molecule is CC.CC.N=C(N)c1ccccc1N. The van der Waals surface area contributed by atoms with Crippen molar-refractivity contribution in [3.8, 4) is 0 Å². The second kappa shape index (κ2) is 9.58. The molecule has 0 saturated carbocycles. The largest absolute Gasteiger partial charge is 0.398 e. The molecule has 0 aliphatic rings. The first-order valence-electron chi connectivity index (χ1n) is 4.90. The molecule has 0 aliphatic carbocycles. The Labute approximate surface area is 86.6 Å². The van der Waals surface area contributed by atoms with Gasteiger partial charge in [0.15, 0.2) is 0 Å². The van der Waals surface area contributed by atoms with E-state index in [1.54, 1.807) is 18.2 Å². The predicted molar refractivity (Wildman–Crippen MR) is 64.6 cm³/mol. The molecule has 0 atom stereocenters. The maximum atomic E-state index is 7.07. The standard InChI is InChI=1S/C7H9N3.2C2H6/c8-6-4-2-1-3-5(6)7(9)10;2*1-2/h1-4H,8H2,(H3,9,10);2*1-2H3. The summed E-state index contributed by atoms with van der Waals surface area (Å²) in [5.41, 5.74) is 11.9. The van der Waals surface area contributed by atoms with Gasteiger partial charge in [-0.2, -0.15) is 0 Å². The van der Waals surface area contributed by atoms with Gasteiger partial charge in [-0.05, 0) is 12.1 Å². The van der Waals surface area contributed by atoms with Crippen molar-refractivity contribution < 1.29 is 0 Å². The molecule has 1 aromatic rings. The van der Waals surface area contributed by atoms with Gasteiger partial charge in [-0.3, -0.25) is 5.41 Å². The first-order chi connectivity index (χ1) is 6.72. The Balaban J connectivity index is 0. The van der Waals surface area contributed by atoms with Crippen molar-refractivity contribution in [2.24, 2.45) is 5.73 Å². The Kier molecular flexibility index (Phi) is 10.3. The highest BCUT2D eigenvalue weighted by atomic mass is 14.7. The molecule has 0 heterocycles. The van der Waals surface area contributed by atoms with Crippen molar-refractivity contribution in [1.29, 1.82) is 5.41 Å². The highest BCUT2D eigenvalue weighted by Crippen LogP contribution is 2.08. The molecule has 3 nitrogen and oxygen atoms in total. The van der Waals surface area contributed by atoms with E-state index < -0.39 is 0 Å². The summed E-state index contributed by atoms with van der Waals surface area (Å²) in [6.45, 7) is 8.00. The van der Waals surface area contributed by atoms with Gasteiger partial charge in [0, 0.05) is 11.3 Å². The summed E-state index contributed by atoms with van der Waals surface area (Å²) in [6, 6.07) is 7.04. The average Bonchev–Trinajstić information content (AvgIpc) is 2.24. The Morgan fingerprint density at radius 3 is 1.79 bits per heavy atom. The maximum absolute atomic E-state index is 7.07. The second-order valence-corrected chi connectivity index (χ2v) is 2.00. The number of hydrogen-bond acceptors (Lipinski definition) is 2. The lowest BCUT2D eigenvalue weighted by atomic mass is 10.2. The van der Waals surface area contributed by atoms with E-state index in [1.807, 2.05) is 33.8 Å². The van der Waals surface area contributed by atoms with Gasteiger partial charge in [-0.15, -0.1) is 0 Å². The third-order valence-corrected chi connectivity index (χ3v) is 1.25. The zero-order chi connectivity index (χ0) is 11.6. The lowest BCUT2D eigenvalue weighted by Gasteiger charge is -2.00. The van der Waals surface area contributed by atoms with Crippen LogP contribution in [0.15, 0.2) is 24.3 Å². The van der Waals surface area contributed by atoms with E-state index in [1.165, 1.54) is 0 Å².